The molecule has 1 rings (SSSR count). The molecule has 1 aromatic heterocycles. The van der Waals surface area contributed by atoms with E-state index in [4.69, 9.17) is 0 Å². The summed E-state index contributed by atoms with van der Waals surface area (Å²) in [6, 6.07) is 0.544. The molecule has 3 atom stereocenters. The molecule has 0 saturated carbocycles. The fourth-order valence-electron chi connectivity index (χ4n) is 1.76. The third-order valence-electron chi connectivity index (χ3n) is 3.27. The summed E-state index contributed by atoms with van der Waals surface area (Å²) in [5, 5.41) is 15.3. The Morgan fingerprint density at radius 2 is 1.94 bits per heavy atom. The molecule has 0 radical (unpaired) electrons. The van der Waals surface area contributed by atoms with Gasteiger partial charge in [-0.3, -0.25) is 0 Å². The van der Waals surface area contributed by atoms with Gasteiger partial charge in [0.05, 0.1) is 12.1 Å². The maximum Gasteiger partial charge on any atom is 0.168 e. The predicted octanol–water partition coefficient (Wildman–Crippen LogP) is 1.95. The Kier molecular flexibility index (Phi) is 4.86. The predicted molar refractivity (Wildman–Crippen MR) is 64.1 cm³/mol. The summed E-state index contributed by atoms with van der Waals surface area (Å²) < 4.78 is 1.95. The van der Waals surface area contributed by atoms with Gasteiger partial charge in [-0.05, 0) is 36.7 Å². The SMILES string of the molecule is CCNC(C)c1nnnn1C(C)C(C)CC. The lowest BCUT2D eigenvalue weighted by atomic mass is 10.0. The molecule has 92 valence electrons. The number of tetrazole rings is 1. The molecule has 0 aliphatic rings. The molecular weight excluding hydrogens is 202 g/mol. The van der Waals surface area contributed by atoms with E-state index in [1.165, 1.54) is 0 Å². The van der Waals surface area contributed by atoms with Crippen LogP contribution in [0.1, 0.15) is 58.9 Å². The van der Waals surface area contributed by atoms with E-state index in [1.807, 2.05) is 4.68 Å². The van der Waals surface area contributed by atoms with E-state index in [0.717, 1.165) is 18.8 Å². The summed E-state index contributed by atoms with van der Waals surface area (Å²) in [5.41, 5.74) is 0. The fraction of sp³-hybridized carbons (Fsp3) is 0.909. The zero-order chi connectivity index (χ0) is 12.1. The maximum absolute atomic E-state index is 4.11. The molecule has 0 aliphatic heterocycles. The van der Waals surface area contributed by atoms with Gasteiger partial charge in [0.1, 0.15) is 0 Å². The minimum Gasteiger partial charge on any atom is -0.308 e. The van der Waals surface area contributed by atoms with Crippen LogP contribution in [0.15, 0.2) is 0 Å². The van der Waals surface area contributed by atoms with Crippen molar-refractivity contribution >= 4 is 0 Å². The molecule has 1 aromatic rings. The number of nitrogens with zero attached hydrogens (tertiary/aromatic N) is 4. The van der Waals surface area contributed by atoms with Crippen molar-refractivity contribution in [1.82, 2.24) is 25.5 Å². The highest BCUT2D eigenvalue weighted by Gasteiger charge is 2.20. The minimum atomic E-state index is 0.200. The molecule has 1 heterocycles. The monoisotopic (exact) mass is 225 g/mol. The van der Waals surface area contributed by atoms with Gasteiger partial charge in [-0.15, -0.1) is 5.10 Å². The van der Waals surface area contributed by atoms with Crippen LogP contribution in [-0.2, 0) is 0 Å². The molecule has 5 heteroatoms. The second-order valence-electron chi connectivity index (χ2n) is 4.39. The fourth-order valence-corrected chi connectivity index (χ4v) is 1.76. The first kappa shape index (κ1) is 13.1. The van der Waals surface area contributed by atoms with Crippen molar-refractivity contribution in [2.45, 2.75) is 53.1 Å². The van der Waals surface area contributed by atoms with Crippen LogP contribution in [0.25, 0.3) is 0 Å². The van der Waals surface area contributed by atoms with Gasteiger partial charge >= 0.3 is 0 Å². The molecule has 0 bridgehead atoms. The van der Waals surface area contributed by atoms with Crippen molar-refractivity contribution < 1.29 is 0 Å². The summed E-state index contributed by atoms with van der Waals surface area (Å²) in [6.07, 6.45) is 1.13. The smallest absolute Gasteiger partial charge is 0.168 e. The summed E-state index contributed by atoms with van der Waals surface area (Å²) >= 11 is 0. The zero-order valence-electron chi connectivity index (χ0n) is 10.9. The summed E-state index contributed by atoms with van der Waals surface area (Å²) in [4.78, 5) is 0. The Bertz CT molecular complexity index is 309. The molecule has 16 heavy (non-hydrogen) atoms. The minimum absolute atomic E-state index is 0.200. The maximum atomic E-state index is 4.11. The Hall–Kier alpha value is -0.970. The summed E-state index contributed by atoms with van der Waals surface area (Å²) in [6.45, 7) is 11.7. The van der Waals surface area contributed by atoms with Crippen LogP contribution >= 0.6 is 0 Å². The topological polar surface area (TPSA) is 55.6 Å². The molecule has 0 aliphatic carbocycles. The molecular formula is C11H23N5. The highest BCUT2D eigenvalue weighted by atomic mass is 15.6. The van der Waals surface area contributed by atoms with Crippen molar-refractivity contribution in [2.24, 2.45) is 5.92 Å². The third-order valence-corrected chi connectivity index (χ3v) is 3.27. The number of hydrogen-bond donors (Lipinski definition) is 1. The Balaban J connectivity index is 2.84. The second-order valence-corrected chi connectivity index (χ2v) is 4.39. The molecule has 1 N–H and O–H groups in total. The van der Waals surface area contributed by atoms with Gasteiger partial charge in [-0.1, -0.05) is 27.2 Å². The molecule has 0 spiro atoms. The van der Waals surface area contributed by atoms with Crippen LogP contribution < -0.4 is 5.32 Å². The molecule has 0 aromatic carbocycles. The zero-order valence-corrected chi connectivity index (χ0v) is 10.9. The molecule has 3 unspecified atom stereocenters. The molecule has 5 nitrogen and oxygen atoms in total. The summed E-state index contributed by atoms with van der Waals surface area (Å²) in [5.74, 6) is 1.51. The van der Waals surface area contributed by atoms with Crippen molar-refractivity contribution in [3.05, 3.63) is 5.82 Å². The average molecular weight is 225 g/mol. The molecule has 0 amide bonds. The van der Waals surface area contributed by atoms with E-state index in [9.17, 15) is 0 Å². The molecule has 0 fully saturated rings. The number of rotatable bonds is 6. The first-order chi connectivity index (χ1) is 7.61. The normalized spacial score (nSPS) is 17.1. The lowest BCUT2D eigenvalue weighted by Gasteiger charge is -2.21. The lowest BCUT2D eigenvalue weighted by Crippen LogP contribution is -2.25. The van der Waals surface area contributed by atoms with Crippen LogP contribution in [0.4, 0.5) is 0 Å². The summed E-state index contributed by atoms with van der Waals surface area (Å²) in [7, 11) is 0. The van der Waals surface area contributed by atoms with Crippen LogP contribution in [-0.4, -0.2) is 26.8 Å². The average Bonchev–Trinajstić information content (AvgIpc) is 2.76. The Labute approximate surface area is 97.6 Å². The lowest BCUT2D eigenvalue weighted by molar-refractivity contribution is 0.320. The van der Waals surface area contributed by atoms with Crippen LogP contribution in [0, 0.1) is 5.92 Å². The van der Waals surface area contributed by atoms with Crippen molar-refractivity contribution in [2.75, 3.05) is 6.54 Å². The first-order valence-corrected chi connectivity index (χ1v) is 6.12. The second kappa shape index (κ2) is 5.94. The molecule has 0 saturated heterocycles. The standard InChI is InChI=1S/C11H23N5/c1-6-8(3)10(5)16-11(13-14-15-16)9(4)12-7-2/h8-10,12H,6-7H2,1-5H3. The van der Waals surface area contributed by atoms with E-state index in [1.54, 1.807) is 0 Å². The van der Waals surface area contributed by atoms with Gasteiger partial charge in [0, 0.05) is 0 Å². The van der Waals surface area contributed by atoms with E-state index in [-0.39, 0.29) is 6.04 Å². The van der Waals surface area contributed by atoms with Gasteiger partial charge in [-0.2, -0.15) is 0 Å². The highest BCUT2D eigenvalue weighted by molar-refractivity contribution is 4.91. The first-order valence-electron chi connectivity index (χ1n) is 6.12. The van der Waals surface area contributed by atoms with Crippen LogP contribution in [0.5, 0.6) is 0 Å². The van der Waals surface area contributed by atoms with Crippen molar-refractivity contribution in [3.8, 4) is 0 Å². The largest absolute Gasteiger partial charge is 0.308 e. The van der Waals surface area contributed by atoms with E-state index >= 15 is 0 Å². The quantitative estimate of drug-likeness (QED) is 0.804. The van der Waals surface area contributed by atoms with E-state index in [2.05, 4.69) is 55.5 Å². The van der Waals surface area contributed by atoms with Crippen LogP contribution in [0.3, 0.4) is 0 Å². The van der Waals surface area contributed by atoms with Gasteiger partial charge in [0.25, 0.3) is 0 Å². The number of aromatic nitrogens is 4. The number of nitrogens with one attached hydrogen (secondary N) is 1. The Morgan fingerprint density at radius 3 is 2.50 bits per heavy atom. The van der Waals surface area contributed by atoms with Gasteiger partial charge in [0.2, 0.25) is 0 Å². The highest BCUT2D eigenvalue weighted by Crippen LogP contribution is 2.22. The number of hydrogen-bond acceptors (Lipinski definition) is 4. The van der Waals surface area contributed by atoms with Gasteiger partial charge in [-0.25, -0.2) is 4.68 Å². The van der Waals surface area contributed by atoms with E-state index < -0.39 is 0 Å². The van der Waals surface area contributed by atoms with Gasteiger partial charge < -0.3 is 5.32 Å². The third kappa shape index (κ3) is 2.78. The van der Waals surface area contributed by atoms with Crippen molar-refractivity contribution in [1.29, 1.82) is 0 Å². The van der Waals surface area contributed by atoms with E-state index in [0.29, 0.717) is 12.0 Å². The van der Waals surface area contributed by atoms with Crippen LogP contribution in [0.2, 0.25) is 0 Å². The van der Waals surface area contributed by atoms with Crippen molar-refractivity contribution in [3.63, 3.8) is 0 Å². The Morgan fingerprint density at radius 1 is 1.25 bits per heavy atom. The van der Waals surface area contributed by atoms with Gasteiger partial charge in [0.15, 0.2) is 5.82 Å².